The maximum atomic E-state index is 12.2. The maximum absolute atomic E-state index is 12.2. The topological polar surface area (TPSA) is 57.7 Å². The first kappa shape index (κ1) is 20.1. The number of para-hydroxylation sites is 1. The molecule has 29 heavy (non-hydrogen) atoms. The maximum Gasteiger partial charge on any atom is 0.349 e. The summed E-state index contributed by atoms with van der Waals surface area (Å²) >= 11 is 0. The lowest BCUT2D eigenvalue weighted by atomic mass is 10.1. The highest BCUT2D eigenvalue weighted by molar-refractivity contribution is 5.76. The smallest absolute Gasteiger partial charge is 0.349 e. The van der Waals surface area contributed by atoms with Crippen LogP contribution >= 0.6 is 0 Å². The van der Waals surface area contributed by atoms with Crippen molar-refractivity contribution in [2.24, 2.45) is 0 Å². The van der Waals surface area contributed by atoms with Crippen molar-refractivity contribution < 1.29 is 19.0 Å². The molecule has 1 heterocycles. The Kier molecular flexibility index (Phi) is 6.63. The summed E-state index contributed by atoms with van der Waals surface area (Å²) in [5.74, 6) is 1.03. The van der Waals surface area contributed by atoms with E-state index in [2.05, 4.69) is 4.98 Å². The van der Waals surface area contributed by atoms with Crippen LogP contribution in [0.4, 0.5) is 0 Å². The average molecular weight is 389 g/mol. The van der Waals surface area contributed by atoms with E-state index >= 15 is 0 Å². The van der Waals surface area contributed by atoms with Crippen LogP contribution in [-0.2, 0) is 4.79 Å². The number of carbonyl (C=O) groups is 1. The Morgan fingerprint density at radius 1 is 0.931 bits per heavy atom. The third kappa shape index (κ3) is 5.45. The summed E-state index contributed by atoms with van der Waals surface area (Å²) in [5.41, 5.74) is 3.91. The number of rotatable bonds is 7. The van der Waals surface area contributed by atoms with Crippen molar-refractivity contribution in [2.45, 2.75) is 13.8 Å². The average Bonchev–Trinajstić information content (AvgIpc) is 2.73. The first-order chi connectivity index (χ1) is 14.1. The second-order valence-corrected chi connectivity index (χ2v) is 6.51. The monoisotopic (exact) mass is 389 g/mol. The molecule has 0 aliphatic carbocycles. The lowest BCUT2D eigenvalue weighted by Gasteiger charge is -2.13. The summed E-state index contributed by atoms with van der Waals surface area (Å²) in [5, 5.41) is 0. The minimum atomic E-state index is -0.494. The van der Waals surface area contributed by atoms with Crippen molar-refractivity contribution in [3.63, 3.8) is 0 Å². The standard InChI is InChI=1S/C24H23NO4/c1-17-5-4-6-18(2)24(17)28-16-23(26)29-21-10-9-20(15-22(21)27-3)8-7-19-11-13-25-14-12-19/h4-15H,16H2,1-3H3/b8-7+. The normalized spacial score (nSPS) is 10.7. The highest BCUT2D eigenvalue weighted by Gasteiger charge is 2.13. The van der Waals surface area contributed by atoms with E-state index in [1.54, 1.807) is 18.5 Å². The zero-order valence-electron chi connectivity index (χ0n) is 16.7. The molecule has 5 heteroatoms. The molecule has 0 saturated heterocycles. The van der Waals surface area contributed by atoms with E-state index < -0.39 is 5.97 Å². The minimum Gasteiger partial charge on any atom is -0.493 e. The summed E-state index contributed by atoms with van der Waals surface area (Å²) in [6.07, 6.45) is 7.40. The Bertz CT molecular complexity index is 992. The summed E-state index contributed by atoms with van der Waals surface area (Å²) < 4.78 is 16.5. The Morgan fingerprint density at radius 3 is 2.31 bits per heavy atom. The number of hydrogen-bond acceptors (Lipinski definition) is 5. The Hall–Kier alpha value is -3.60. The number of benzene rings is 2. The fourth-order valence-electron chi connectivity index (χ4n) is 2.85. The molecular formula is C24H23NO4. The molecule has 148 valence electrons. The van der Waals surface area contributed by atoms with Gasteiger partial charge in [0.15, 0.2) is 18.1 Å². The van der Waals surface area contributed by atoms with Gasteiger partial charge in [-0.15, -0.1) is 0 Å². The zero-order valence-corrected chi connectivity index (χ0v) is 16.7. The molecule has 0 N–H and O–H groups in total. The largest absolute Gasteiger partial charge is 0.493 e. The van der Waals surface area contributed by atoms with Gasteiger partial charge < -0.3 is 14.2 Å². The van der Waals surface area contributed by atoms with E-state index in [0.717, 1.165) is 22.3 Å². The van der Waals surface area contributed by atoms with E-state index in [4.69, 9.17) is 14.2 Å². The first-order valence-electron chi connectivity index (χ1n) is 9.22. The van der Waals surface area contributed by atoms with Gasteiger partial charge in [0, 0.05) is 12.4 Å². The van der Waals surface area contributed by atoms with Crippen molar-refractivity contribution in [3.05, 3.63) is 83.2 Å². The summed E-state index contributed by atoms with van der Waals surface area (Å²) in [6, 6.07) is 15.0. The number of carbonyl (C=O) groups excluding carboxylic acids is 1. The van der Waals surface area contributed by atoms with Gasteiger partial charge in [0.2, 0.25) is 0 Å². The van der Waals surface area contributed by atoms with Gasteiger partial charge in [-0.05, 0) is 60.4 Å². The van der Waals surface area contributed by atoms with Crippen molar-refractivity contribution in [2.75, 3.05) is 13.7 Å². The molecule has 0 amide bonds. The van der Waals surface area contributed by atoms with Crippen molar-refractivity contribution in [3.8, 4) is 17.2 Å². The summed E-state index contributed by atoms with van der Waals surface area (Å²) in [4.78, 5) is 16.2. The van der Waals surface area contributed by atoms with Crippen LogP contribution in [0.15, 0.2) is 60.9 Å². The number of aromatic nitrogens is 1. The Balaban J connectivity index is 1.65. The number of pyridine rings is 1. The molecular weight excluding hydrogens is 366 g/mol. The van der Waals surface area contributed by atoms with E-state index in [1.165, 1.54) is 7.11 Å². The van der Waals surface area contributed by atoms with Crippen molar-refractivity contribution >= 4 is 18.1 Å². The summed E-state index contributed by atoms with van der Waals surface area (Å²) in [6.45, 7) is 3.70. The predicted molar refractivity (Wildman–Crippen MR) is 113 cm³/mol. The van der Waals surface area contributed by atoms with Gasteiger partial charge in [0.1, 0.15) is 5.75 Å². The van der Waals surface area contributed by atoms with Gasteiger partial charge in [-0.25, -0.2) is 4.79 Å². The van der Waals surface area contributed by atoms with Crippen LogP contribution in [0.25, 0.3) is 12.2 Å². The van der Waals surface area contributed by atoms with Gasteiger partial charge in [-0.2, -0.15) is 0 Å². The molecule has 3 aromatic rings. The number of methoxy groups -OCH3 is 1. The zero-order chi connectivity index (χ0) is 20.6. The van der Waals surface area contributed by atoms with Crippen LogP contribution < -0.4 is 14.2 Å². The second kappa shape index (κ2) is 9.55. The van der Waals surface area contributed by atoms with Crippen molar-refractivity contribution in [1.82, 2.24) is 4.98 Å². The van der Waals surface area contributed by atoms with Crippen molar-refractivity contribution in [1.29, 1.82) is 0 Å². The van der Waals surface area contributed by atoms with Crippen LogP contribution in [0.5, 0.6) is 17.2 Å². The number of esters is 1. The molecule has 0 radical (unpaired) electrons. The molecule has 0 atom stereocenters. The highest BCUT2D eigenvalue weighted by atomic mass is 16.6. The lowest BCUT2D eigenvalue weighted by Crippen LogP contribution is -2.18. The van der Waals surface area contributed by atoms with Gasteiger partial charge in [0.25, 0.3) is 0 Å². The van der Waals surface area contributed by atoms with Gasteiger partial charge in [-0.3, -0.25) is 4.98 Å². The molecule has 0 unspecified atom stereocenters. The molecule has 0 bridgehead atoms. The molecule has 0 fully saturated rings. The number of aryl methyl sites for hydroxylation is 2. The number of hydrogen-bond donors (Lipinski definition) is 0. The number of nitrogens with zero attached hydrogens (tertiary/aromatic N) is 1. The molecule has 1 aromatic heterocycles. The third-order valence-electron chi connectivity index (χ3n) is 4.33. The van der Waals surface area contributed by atoms with Gasteiger partial charge in [0.05, 0.1) is 7.11 Å². The quantitative estimate of drug-likeness (QED) is 0.427. The molecule has 2 aromatic carbocycles. The molecule has 0 aliphatic heterocycles. The Morgan fingerprint density at radius 2 is 1.62 bits per heavy atom. The third-order valence-corrected chi connectivity index (χ3v) is 4.33. The van der Waals surface area contributed by atoms with E-state index in [1.807, 2.05) is 68.5 Å². The van der Waals surface area contributed by atoms with E-state index in [0.29, 0.717) is 17.2 Å². The SMILES string of the molecule is COc1cc(/C=C/c2ccncc2)ccc1OC(=O)COc1c(C)cccc1C. The molecule has 5 nitrogen and oxygen atoms in total. The van der Waals surface area contributed by atoms with Crippen LogP contribution in [-0.4, -0.2) is 24.7 Å². The molecule has 0 spiro atoms. The van der Waals surface area contributed by atoms with Gasteiger partial charge >= 0.3 is 5.97 Å². The molecule has 0 saturated carbocycles. The van der Waals surface area contributed by atoms with Crippen LogP contribution in [0.3, 0.4) is 0 Å². The fourth-order valence-corrected chi connectivity index (χ4v) is 2.85. The van der Waals surface area contributed by atoms with Crippen LogP contribution in [0, 0.1) is 13.8 Å². The first-order valence-corrected chi connectivity index (χ1v) is 9.22. The Labute approximate surface area is 170 Å². The van der Waals surface area contributed by atoms with Crippen LogP contribution in [0.1, 0.15) is 22.3 Å². The number of ether oxygens (including phenoxy) is 3. The fraction of sp³-hybridized carbons (Fsp3) is 0.167. The van der Waals surface area contributed by atoms with E-state index in [9.17, 15) is 4.79 Å². The summed E-state index contributed by atoms with van der Waals surface area (Å²) in [7, 11) is 1.54. The second-order valence-electron chi connectivity index (χ2n) is 6.51. The van der Waals surface area contributed by atoms with Crippen LogP contribution in [0.2, 0.25) is 0 Å². The highest BCUT2D eigenvalue weighted by Crippen LogP contribution is 2.29. The van der Waals surface area contributed by atoms with Gasteiger partial charge in [-0.1, -0.05) is 36.4 Å². The lowest BCUT2D eigenvalue weighted by molar-refractivity contribution is -0.136. The molecule has 3 rings (SSSR count). The molecule has 0 aliphatic rings. The van der Waals surface area contributed by atoms with E-state index in [-0.39, 0.29) is 6.61 Å². The minimum absolute atomic E-state index is 0.182. The predicted octanol–water partition coefficient (Wildman–Crippen LogP) is 4.86.